The van der Waals surface area contributed by atoms with Crippen LogP contribution in [0.1, 0.15) is 42.7 Å². The summed E-state index contributed by atoms with van der Waals surface area (Å²) in [6, 6.07) is 8.17. The number of ether oxygens (including phenoxy) is 2. The summed E-state index contributed by atoms with van der Waals surface area (Å²) in [5, 5.41) is 9.69. The van der Waals surface area contributed by atoms with Crippen LogP contribution in [0.3, 0.4) is 0 Å². The Bertz CT molecular complexity index is 576. The van der Waals surface area contributed by atoms with Crippen molar-refractivity contribution in [3.63, 3.8) is 0 Å². The summed E-state index contributed by atoms with van der Waals surface area (Å²) in [6.45, 7) is 3.08. The average molecular weight is 274 g/mol. The van der Waals surface area contributed by atoms with Crippen LogP contribution in [-0.2, 0) is 14.3 Å². The van der Waals surface area contributed by atoms with Gasteiger partial charge in [-0.1, -0.05) is 24.3 Å². The minimum Gasteiger partial charge on any atom is -0.481 e. The van der Waals surface area contributed by atoms with Gasteiger partial charge in [-0.05, 0) is 24.5 Å². The van der Waals surface area contributed by atoms with E-state index < -0.39 is 17.2 Å². The number of carboxylic acid groups (broad SMARTS) is 1. The van der Waals surface area contributed by atoms with Crippen LogP contribution in [0.5, 0.6) is 0 Å². The molecule has 1 aliphatic heterocycles. The van der Waals surface area contributed by atoms with Gasteiger partial charge in [-0.2, -0.15) is 0 Å². The highest BCUT2D eigenvalue weighted by atomic mass is 16.7. The van der Waals surface area contributed by atoms with Crippen molar-refractivity contribution in [2.24, 2.45) is 5.41 Å². The highest BCUT2D eigenvalue weighted by Gasteiger charge is 2.63. The zero-order chi connectivity index (χ0) is 14.0. The van der Waals surface area contributed by atoms with E-state index >= 15 is 0 Å². The maximum atomic E-state index is 11.8. The summed E-state index contributed by atoms with van der Waals surface area (Å²) in [6.07, 6.45) is 1.24. The van der Waals surface area contributed by atoms with Crippen molar-refractivity contribution in [2.75, 3.05) is 13.2 Å². The lowest BCUT2D eigenvalue weighted by molar-refractivity contribution is -0.220. The first-order chi connectivity index (χ1) is 9.57. The van der Waals surface area contributed by atoms with Gasteiger partial charge in [0.15, 0.2) is 5.79 Å². The quantitative estimate of drug-likeness (QED) is 0.855. The zero-order valence-electron chi connectivity index (χ0n) is 11.5. The third-order valence-electron chi connectivity index (χ3n) is 5.43. The number of fused-ring (bicyclic) bond motifs is 1. The second-order valence-electron chi connectivity index (χ2n) is 6.37. The molecule has 106 valence electrons. The molecule has 0 amide bonds. The second kappa shape index (κ2) is 3.83. The molecule has 1 aromatic carbocycles. The van der Waals surface area contributed by atoms with E-state index in [0.717, 1.165) is 0 Å². The average Bonchev–Trinajstić information content (AvgIpc) is 2.90. The molecule has 1 saturated heterocycles. The Hall–Kier alpha value is -1.39. The van der Waals surface area contributed by atoms with Crippen LogP contribution in [-0.4, -0.2) is 30.1 Å². The summed E-state index contributed by atoms with van der Waals surface area (Å²) in [5.41, 5.74) is 1.65. The Morgan fingerprint density at radius 2 is 1.75 bits per heavy atom. The highest BCUT2D eigenvalue weighted by molar-refractivity contribution is 5.77. The van der Waals surface area contributed by atoms with E-state index in [9.17, 15) is 9.90 Å². The number of rotatable bonds is 1. The van der Waals surface area contributed by atoms with Gasteiger partial charge in [0.1, 0.15) is 0 Å². The Kier molecular flexibility index (Phi) is 2.37. The Labute approximate surface area is 117 Å². The fourth-order valence-corrected chi connectivity index (χ4v) is 4.35. The molecule has 20 heavy (non-hydrogen) atoms. The molecule has 5 rings (SSSR count). The number of hydrogen-bond acceptors (Lipinski definition) is 3. The van der Waals surface area contributed by atoms with E-state index in [-0.39, 0.29) is 11.8 Å². The van der Waals surface area contributed by atoms with Crippen LogP contribution in [0.25, 0.3) is 0 Å². The smallest absolute Gasteiger partial charge is 0.310 e. The van der Waals surface area contributed by atoms with Gasteiger partial charge in [0.05, 0.1) is 18.6 Å². The van der Waals surface area contributed by atoms with E-state index in [1.165, 1.54) is 11.1 Å². The molecule has 3 atom stereocenters. The molecule has 3 unspecified atom stereocenters. The van der Waals surface area contributed by atoms with Gasteiger partial charge in [-0.3, -0.25) is 4.79 Å². The summed E-state index contributed by atoms with van der Waals surface area (Å²) >= 11 is 0. The van der Waals surface area contributed by atoms with Gasteiger partial charge in [-0.25, -0.2) is 0 Å². The van der Waals surface area contributed by atoms with Crippen molar-refractivity contribution in [2.45, 2.75) is 37.4 Å². The van der Waals surface area contributed by atoms with E-state index in [0.29, 0.717) is 26.1 Å². The highest BCUT2D eigenvalue weighted by Crippen LogP contribution is 2.64. The third-order valence-corrected chi connectivity index (χ3v) is 5.43. The number of benzene rings is 1. The van der Waals surface area contributed by atoms with E-state index in [4.69, 9.17) is 9.47 Å². The molecular formula is C16H18O4. The first-order valence-electron chi connectivity index (χ1n) is 7.17. The molecule has 1 N–H and O–H groups in total. The van der Waals surface area contributed by atoms with Gasteiger partial charge in [0.2, 0.25) is 0 Å². The monoisotopic (exact) mass is 274 g/mol. The molecular weight excluding hydrogens is 256 g/mol. The van der Waals surface area contributed by atoms with Crippen LogP contribution < -0.4 is 0 Å². The lowest BCUT2D eigenvalue weighted by Gasteiger charge is -2.55. The van der Waals surface area contributed by atoms with Gasteiger partial charge in [0.25, 0.3) is 0 Å². The molecule has 4 aliphatic rings. The van der Waals surface area contributed by atoms with Crippen molar-refractivity contribution < 1.29 is 19.4 Å². The maximum Gasteiger partial charge on any atom is 0.310 e. The molecule has 0 radical (unpaired) electrons. The van der Waals surface area contributed by atoms with E-state index in [2.05, 4.69) is 12.1 Å². The SMILES string of the molecule is CC1(C(=O)O)CC2c3ccccc3C1CC21OCCO1. The topological polar surface area (TPSA) is 55.8 Å². The first kappa shape index (κ1) is 12.4. The summed E-state index contributed by atoms with van der Waals surface area (Å²) < 4.78 is 11.9. The van der Waals surface area contributed by atoms with Crippen molar-refractivity contribution in [1.29, 1.82) is 0 Å². The number of hydrogen-bond donors (Lipinski definition) is 1. The molecule has 4 heteroatoms. The van der Waals surface area contributed by atoms with Crippen molar-refractivity contribution >= 4 is 5.97 Å². The number of aliphatic carboxylic acids is 1. The van der Waals surface area contributed by atoms with Crippen LogP contribution in [0.4, 0.5) is 0 Å². The zero-order valence-corrected chi connectivity index (χ0v) is 11.5. The minimum atomic E-state index is -0.723. The van der Waals surface area contributed by atoms with Crippen molar-refractivity contribution in [3.8, 4) is 0 Å². The van der Waals surface area contributed by atoms with Crippen molar-refractivity contribution in [3.05, 3.63) is 35.4 Å². The van der Waals surface area contributed by atoms with Gasteiger partial charge < -0.3 is 14.6 Å². The van der Waals surface area contributed by atoms with Gasteiger partial charge in [0, 0.05) is 18.3 Å². The number of carbonyl (C=O) groups is 1. The fraction of sp³-hybridized carbons (Fsp3) is 0.562. The van der Waals surface area contributed by atoms with Gasteiger partial charge >= 0.3 is 5.97 Å². The summed E-state index contributed by atoms with van der Waals surface area (Å²) in [7, 11) is 0. The molecule has 1 heterocycles. The number of carboxylic acids is 1. The van der Waals surface area contributed by atoms with Crippen LogP contribution in [0.2, 0.25) is 0 Å². The minimum absolute atomic E-state index is 0.0206. The second-order valence-corrected chi connectivity index (χ2v) is 6.37. The van der Waals surface area contributed by atoms with E-state index in [1.54, 1.807) is 0 Å². The lowest BCUT2D eigenvalue weighted by atomic mass is 9.52. The maximum absolute atomic E-state index is 11.8. The normalized spacial score (nSPS) is 37.0. The van der Waals surface area contributed by atoms with Crippen LogP contribution in [0, 0.1) is 5.41 Å². The predicted molar refractivity (Wildman–Crippen MR) is 71.5 cm³/mol. The largest absolute Gasteiger partial charge is 0.481 e. The Balaban J connectivity index is 1.89. The van der Waals surface area contributed by atoms with Crippen LogP contribution >= 0.6 is 0 Å². The van der Waals surface area contributed by atoms with E-state index in [1.807, 2.05) is 19.1 Å². The van der Waals surface area contributed by atoms with Gasteiger partial charge in [-0.15, -0.1) is 0 Å². The van der Waals surface area contributed by atoms with Crippen molar-refractivity contribution in [1.82, 2.24) is 0 Å². The molecule has 0 aromatic heterocycles. The summed E-state index contributed by atoms with van der Waals surface area (Å²) in [5.74, 6) is -1.32. The Morgan fingerprint density at radius 3 is 2.35 bits per heavy atom. The fourth-order valence-electron chi connectivity index (χ4n) is 4.35. The first-order valence-corrected chi connectivity index (χ1v) is 7.17. The predicted octanol–water partition coefficient (Wildman–Crippen LogP) is 2.50. The van der Waals surface area contributed by atoms with Crippen LogP contribution in [0.15, 0.2) is 24.3 Å². The molecule has 2 bridgehead atoms. The molecule has 3 aliphatic carbocycles. The Morgan fingerprint density at radius 1 is 1.15 bits per heavy atom. The lowest BCUT2D eigenvalue weighted by Crippen LogP contribution is -2.55. The third kappa shape index (κ3) is 1.36. The molecule has 1 aromatic rings. The molecule has 1 spiro atoms. The standard InChI is InChI=1S/C16H18O4/c1-15(14(17)18)8-13-11-5-3-2-4-10(11)12(15)9-16(13)19-6-7-20-16/h2-5,12-13H,6-9H2,1H3,(H,17,18). The molecule has 1 saturated carbocycles. The molecule has 2 fully saturated rings. The molecule has 4 nitrogen and oxygen atoms in total. The summed E-state index contributed by atoms with van der Waals surface area (Å²) in [4.78, 5) is 11.8.